The molecule has 1 N–H and O–H groups in total. The van der Waals surface area contributed by atoms with Crippen molar-refractivity contribution >= 4 is 18.0 Å². The number of hydrogen-bond donors (Lipinski definition) is 1. The first-order valence-corrected chi connectivity index (χ1v) is 4.22. The van der Waals surface area contributed by atoms with Gasteiger partial charge in [-0.2, -0.15) is 0 Å². The lowest BCUT2D eigenvalue weighted by Crippen LogP contribution is -2.20. The zero-order valence-corrected chi connectivity index (χ0v) is 7.29. The number of alkyl halides is 1. The van der Waals surface area contributed by atoms with Gasteiger partial charge in [-0.1, -0.05) is 30.3 Å². The molecule has 1 aromatic rings. The highest BCUT2D eigenvalue weighted by Gasteiger charge is 2.06. The lowest BCUT2D eigenvalue weighted by atomic mass is 10.1. The number of nitrogens with one attached hydrogen (secondary N) is 1. The summed E-state index contributed by atoms with van der Waals surface area (Å²) in [6.45, 7) is 0. The molecule has 0 saturated heterocycles. The predicted molar refractivity (Wildman–Crippen MR) is 49.1 cm³/mol. The maximum atomic E-state index is 10.2. The summed E-state index contributed by atoms with van der Waals surface area (Å²) in [4.78, 5) is 10.2. The number of hydrogen-bond acceptors (Lipinski definition) is 1. The third-order valence-corrected chi connectivity index (χ3v) is 1.93. The number of carbonyl (C=O) groups excluding carboxylic acids is 1. The summed E-state index contributed by atoms with van der Waals surface area (Å²) >= 11 is 5.66. The first-order chi connectivity index (χ1) is 5.88. The number of carbonyl (C=O) groups is 1. The highest BCUT2D eigenvalue weighted by molar-refractivity contribution is 6.18. The van der Waals surface area contributed by atoms with Crippen molar-refractivity contribution in [1.82, 2.24) is 5.32 Å². The number of halogens is 1. The molecular formula is C9H10ClNO. The van der Waals surface area contributed by atoms with Crippen molar-refractivity contribution in [3.63, 3.8) is 0 Å². The molecule has 0 aliphatic carbocycles. The summed E-state index contributed by atoms with van der Waals surface area (Å²) in [6, 6.07) is 9.55. The Hall–Kier alpha value is -1.02. The Kier molecular flexibility index (Phi) is 3.61. The zero-order valence-electron chi connectivity index (χ0n) is 6.53. The highest BCUT2D eigenvalue weighted by atomic mass is 35.5. The molecule has 3 heteroatoms. The molecule has 64 valence electrons. The van der Waals surface area contributed by atoms with E-state index in [1.165, 1.54) is 0 Å². The quantitative estimate of drug-likeness (QED) is 0.559. The first kappa shape index (κ1) is 9.07. The number of rotatable bonds is 4. The van der Waals surface area contributed by atoms with E-state index in [2.05, 4.69) is 5.32 Å². The molecule has 1 atom stereocenters. The molecule has 0 aromatic heterocycles. The van der Waals surface area contributed by atoms with Crippen molar-refractivity contribution in [3.05, 3.63) is 35.9 Å². The lowest BCUT2D eigenvalue weighted by molar-refractivity contribution is -0.110. The molecule has 0 spiro atoms. The molecule has 1 unspecified atom stereocenters. The summed E-state index contributed by atoms with van der Waals surface area (Å²) in [7, 11) is 0. The molecule has 2 nitrogen and oxygen atoms in total. The van der Waals surface area contributed by atoms with Crippen LogP contribution < -0.4 is 5.32 Å². The maximum absolute atomic E-state index is 10.2. The van der Waals surface area contributed by atoms with Crippen LogP contribution in [0.1, 0.15) is 11.6 Å². The van der Waals surface area contributed by atoms with Gasteiger partial charge >= 0.3 is 0 Å². The van der Waals surface area contributed by atoms with Gasteiger partial charge in [0.1, 0.15) is 0 Å². The minimum absolute atomic E-state index is 0.0784. The van der Waals surface area contributed by atoms with Gasteiger partial charge in [-0.25, -0.2) is 0 Å². The molecule has 12 heavy (non-hydrogen) atoms. The Morgan fingerprint density at radius 2 is 2.08 bits per heavy atom. The van der Waals surface area contributed by atoms with Gasteiger partial charge in [-0.05, 0) is 5.56 Å². The summed E-state index contributed by atoms with van der Waals surface area (Å²) in [5.41, 5.74) is 1.03. The van der Waals surface area contributed by atoms with Gasteiger partial charge in [-0.15, -0.1) is 11.6 Å². The first-order valence-electron chi connectivity index (χ1n) is 3.69. The Bertz CT molecular complexity index is 238. The average molecular weight is 184 g/mol. The van der Waals surface area contributed by atoms with E-state index in [-0.39, 0.29) is 6.04 Å². The average Bonchev–Trinajstić information content (AvgIpc) is 2.15. The highest BCUT2D eigenvalue weighted by Crippen LogP contribution is 2.12. The van der Waals surface area contributed by atoms with Crippen LogP contribution in [0.4, 0.5) is 0 Å². The fourth-order valence-corrected chi connectivity index (χ4v) is 1.26. The van der Waals surface area contributed by atoms with Crippen LogP contribution in [0.2, 0.25) is 0 Å². The molecule has 0 fully saturated rings. The van der Waals surface area contributed by atoms with Crippen molar-refractivity contribution in [3.8, 4) is 0 Å². The smallest absolute Gasteiger partial charge is 0.207 e. The van der Waals surface area contributed by atoms with Gasteiger partial charge in [0.2, 0.25) is 6.41 Å². The zero-order chi connectivity index (χ0) is 8.81. The molecule has 1 aromatic carbocycles. The largest absolute Gasteiger partial charge is 0.351 e. The van der Waals surface area contributed by atoms with Gasteiger partial charge in [0.25, 0.3) is 0 Å². The predicted octanol–water partition coefficient (Wildman–Crippen LogP) is 1.71. The van der Waals surface area contributed by atoms with Crippen molar-refractivity contribution in [2.75, 3.05) is 5.88 Å². The van der Waals surface area contributed by atoms with Gasteiger partial charge < -0.3 is 5.32 Å². The van der Waals surface area contributed by atoms with E-state index in [0.717, 1.165) is 5.56 Å². The SMILES string of the molecule is O=CNC(CCl)c1ccccc1. The second-order valence-electron chi connectivity index (χ2n) is 2.40. The van der Waals surface area contributed by atoms with Crippen LogP contribution >= 0.6 is 11.6 Å². The lowest BCUT2D eigenvalue weighted by Gasteiger charge is -2.12. The van der Waals surface area contributed by atoms with Gasteiger partial charge in [-0.3, -0.25) is 4.79 Å². The van der Waals surface area contributed by atoms with E-state index in [1.807, 2.05) is 30.3 Å². The summed E-state index contributed by atoms with van der Waals surface area (Å²) in [5, 5.41) is 2.64. The van der Waals surface area contributed by atoms with E-state index in [0.29, 0.717) is 12.3 Å². The monoisotopic (exact) mass is 183 g/mol. The fraction of sp³-hybridized carbons (Fsp3) is 0.222. The minimum atomic E-state index is -0.0784. The molecule has 1 rings (SSSR count). The molecular weight excluding hydrogens is 174 g/mol. The minimum Gasteiger partial charge on any atom is -0.351 e. The molecule has 0 saturated carbocycles. The Balaban J connectivity index is 2.72. The Labute approximate surface area is 76.5 Å². The van der Waals surface area contributed by atoms with E-state index < -0.39 is 0 Å². The third-order valence-electron chi connectivity index (χ3n) is 1.63. The van der Waals surface area contributed by atoms with Crippen LogP contribution in [-0.2, 0) is 4.79 Å². The summed E-state index contributed by atoms with van der Waals surface area (Å²) in [6.07, 6.45) is 0.667. The topological polar surface area (TPSA) is 29.1 Å². The molecule has 0 bridgehead atoms. The number of benzene rings is 1. The molecule has 0 aliphatic heterocycles. The molecule has 0 radical (unpaired) electrons. The second kappa shape index (κ2) is 4.78. The van der Waals surface area contributed by atoms with Crippen LogP contribution in [-0.4, -0.2) is 12.3 Å². The summed E-state index contributed by atoms with van der Waals surface area (Å²) < 4.78 is 0. The van der Waals surface area contributed by atoms with E-state index in [9.17, 15) is 4.79 Å². The summed E-state index contributed by atoms with van der Waals surface area (Å²) in [5.74, 6) is 0.392. The van der Waals surface area contributed by atoms with Crippen LogP contribution in [0.3, 0.4) is 0 Å². The van der Waals surface area contributed by atoms with Gasteiger partial charge in [0.15, 0.2) is 0 Å². The van der Waals surface area contributed by atoms with Crippen LogP contribution in [0.5, 0.6) is 0 Å². The van der Waals surface area contributed by atoms with Crippen LogP contribution in [0.25, 0.3) is 0 Å². The van der Waals surface area contributed by atoms with Crippen LogP contribution in [0.15, 0.2) is 30.3 Å². The number of amides is 1. The van der Waals surface area contributed by atoms with Crippen molar-refractivity contribution in [2.24, 2.45) is 0 Å². The second-order valence-corrected chi connectivity index (χ2v) is 2.71. The van der Waals surface area contributed by atoms with E-state index in [4.69, 9.17) is 11.6 Å². The molecule has 1 amide bonds. The fourth-order valence-electron chi connectivity index (χ4n) is 0.997. The Morgan fingerprint density at radius 3 is 2.58 bits per heavy atom. The maximum Gasteiger partial charge on any atom is 0.207 e. The molecule has 0 heterocycles. The molecule has 0 aliphatic rings. The van der Waals surface area contributed by atoms with Crippen LogP contribution in [0, 0.1) is 0 Å². The van der Waals surface area contributed by atoms with Gasteiger partial charge in [0, 0.05) is 5.88 Å². The third kappa shape index (κ3) is 2.24. The normalized spacial score (nSPS) is 12.1. The van der Waals surface area contributed by atoms with Crippen molar-refractivity contribution in [1.29, 1.82) is 0 Å². The van der Waals surface area contributed by atoms with E-state index >= 15 is 0 Å². The standard InChI is InChI=1S/C9H10ClNO/c10-6-9(11-7-12)8-4-2-1-3-5-8/h1-5,7,9H,6H2,(H,11,12). The van der Waals surface area contributed by atoms with Gasteiger partial charge in [0.05, 0.1) is 6.04 Å². The van der Waals surface area contributed by atoms with Crippen molar-refractivity contribution < 1.29 is 4.79 Å². The van der Waals surface area contributed by atoms with E-state index in [1.54, 1.807) is 0 Å². The Morgan fingerprint density at radius 1 is 1.42 bits per heavy atom. The van der Waals surface area contributed by atoms with Crippen molar-refractivity contribution in [2.45, 2.75) is 6.04 Å².